The molecule has 1 aromatic carbocycles. The van der Waals surface area contributed by atoms with Gasteiger partial charge in [0.25, 0.3) is 0 Å². The quantitative estimate of drug-likeness (QED) is 0.581. The van der Waals surface area contributed by atoms with Crippen molar-refractivity contribution in [3.05, 3.63) is 52.1 Å². The van der Waals surface area contributed by atoms with Crippen LogP contribution in [0.1, 0.15) is 48.1 Å². The van der Waals surface area contributed by atoms with Gasteiger partial charge in [-0.3, -0.25) is 4.79 Å². The minimum absolute atomic E-state index is 0.203. The average molecular weight is 477 g/mol. The van der Waals surface area contributed by atoms with Gasteiger partial charge in [-0.2, -0.15) is 10.5 Å². The molecule has 0 bridgehead atoms. The first-order chi connectivity index (χ1) is 16.4. The molecule has 2 aromatic rings. The highest BCUT2D eigenvalue weighted by Crippen LogP contribution is 2.33. The Balaban J connectivity index is 1.86. The summed E-state index contributed by atoms with van der Waals surface area (Å²) in [5, 5.41) is 20.6. The summed E-state index contributed by atoms with van der Waals surface area (Å²) < 4.78 is 0. The zero-order valence-electron chi connectivity index (χ0n) is 20.2. The van der Waals surface area contributed by atoms with Crippen LogP contribution in [0.2, 0.25) is 0 Å². The third-order valence-electron chi connectivity index (χ3n) is 6.27. The Morgan fingerprint density at radius 2 is 1.79 bits per heavy atom. The Morgan fingerprint density at radius 1 is 1.12 bits per heavy atom. The summed E-state index contributed by atoms with van der Waals surface area (Å²) in [4.78, 5) is 20.7. The summed E-state index contributed by atoms with van der Waals surface area (Å²) >= 11 is 1.53. The maximum atomic E-state index is 11.3. The van der Waals surface area contributed by atoms with E-state index >= 15 is 0 Å². The molecule has 1 aliphatic heterocycles. The second kappa shape index (κ2) is 11.9. The van der Waals surface area contributed by atoms with Gasteiger partial charge in [0.15, 0.2) is 0 Å². The number of nitriles is 2. The van der Waals surface area contributed by atoms with Crippen LogP contribution in [0.4, 0.5) is 5.82 Å². The topological polar surface area (TPSA) is 110 Å². The SMILES string of the molecule is CCc1c(C#N)c(SCc2ccc(CC(C)C(N)=O)cc2)nc(N2CCCN(C)CC2)c1C#N. The van der Waals surface area contributed by atoms with Gasteiger partial charge in [-0.15, -0.1) is 11.8 Å². The first-order valence-corrected chi connectivity index (χ1v) is 12.7. The first-order valence-electron chi connectivity index (χ1n) is 11.7. The van der Waals surface area contributed by atoms with Crippen LogP contribution >= 0.6 is 11.8 Å². The second-order valence-electron chi connectivity index (χ2n) is 8.80. The third-order valence-corrected chi connectivity index (χ3v) is 7.32. The molecule has 178 valence electrons. The van der Waals surface area contributed by atoms with Crippen molar-refractivity contribution >= 4 is 23.5 Å². The Labute approximate surface area is 206 Å². The third kappa shape index (κ3) is 6.08. The standard InChI is InChI=1S/C26H32N6OS/c1-4-21-22(15-27)25(32-11-5-10-31(3)12-13-32)30-26(23(21)16-28)34-17-20-8-6-19(7-9-20)14-18(2)24(29)33/h6-9,18H,4-5,10-14,17H2,1-3H3,(H2,29,33). The monoisotopic (exact) mass is 476 g/mol. The number of hydrogen-bond donors (Lipinski definition) is 1. The molecule has 1 aromatic heterocycles. The molecule has 0 aliphatic carbocycles. The van der Waals surface area contributed by atoms with Crippen LogP contribution < -0.4 is 10.6 Å². The number of amides is 1. The normalized spacial score (nSPS) is 15.3. The summed E-state index contributed by atoms with van der Waals surface area (Å²) in [6.45, 7) is 7.40. The number of thioether (sulfide) groups is 1. The molecule has 7 nitrogen and oxygen atoms in total. The lowest BCUT2D eigenvalue weighted by Crippen LogP contribution is -2.30. The number of anilines is 1. The highest BCUT2D eigenvalue weighted by atomic mass is 32.2. The summed E-state index contributed by atoms with van der Waals surface area (Å²) in [5.74, 6) is 0.858. The van der Waals surface area contributed by atoms with Gasteiger partial charge >= 0.3 is 0 Å². The van der Waals surface area contributed by atoms with Crippen LogP contribution in [-0.2, 0) is 23.4 Å². The van der Waals surface area contributed by atoms with Gasteiger partial charge in [-0.05, 0) is 49.5 Å². The van der Waals surface area contributed by atoms with Gasteiger partial charge in [0.2, 0.25) is 5.91 Å². The van der Waals surface area contributed by atoms with E-state index in [0.717, 1.165) is 49.3 Å². The molecule has 1 unspecified atom stereocenters. The fourth-order valence-electron chi connectivity index (χ4n) is 4.15. The van der Waals surface area contributed by atoms with Crippen molar-refractivity contribution in [3.8, 4) is 12.1 Å². The highest BCUT2D eigenvalue weighted by Gasteiger charge is 2.24. The van der Waals surface area contributed by atoms with Crippen LogP contribution in [-0.4, -0.2) is 49.0 Å². The number of pyridine rings is 1. The molecule has 0 saturated carbocycles. The van der Waals surface area contributed by atoms with Crippen molar-refractivity contribution in [3.63, 3.8) is 0 Å². The lowest BCUT2D eigenvalue weighted by molar-refractivity contribution is -0.121. The molecule has 1 aliphatic rings. The van der Waals surface area contributed by atoms with E-state index in [2.05, 4.69) is 29.0 Å². The maximum absolute atomic E-state index is 11.3. The van der Waals surface area contributed by atoms with E-state index in [1.54, 1.807) is 0 Å². The van der Waals surface area contributed by atoms with E-state index in [0.29, 0.717) is 40.6 Å². The summed E-state index contributed by atoms with van der Waals surface area (Å²) in [5.41, 5.74) is 9.36. The molecular weight excluding hydrogens is 444 g/mol. The molecule has 34 heavy (non-hydrogen) atoms. The Kier molecular flexibility index (Phi) is 8.92. The molecule has 0 spiro atoms. The molecule has 1 amide bonds. The van der Waals surface area contributed by atoms with Crippen molar-refractivity contribution in [1.82, 2.24) is 9.88 Å². The van der Waals surface area contributed by atoms with Crippen LogP contribution in [0, 0.1) is 28.6 Å². The number of nitrogens with zero attached hydrogens (tertiary/aromatic N) is 5. The zero-order chi connectivity index (χ0) is 24.7. The minimum atomic E-state index is -0.297. The number of hydrogen-bond acceptors (Lipinski definition) is 7. The van der Waals surface area contributed by atoms with Gasteiger partial charge in [-0.1, -0.05) is 38.1 Å². The van der Waals surface area contributed by atoms with E-state index in [1.165, 1.54) is 11.8 Å². The number of aromatic nitrogens is 1. The molecule has 1 saturated heterocycles. The fourth-order valence-corrected chi connectivity index (χ4v) is 5.11. The molecule has 3 rings (SSSR count). The second-order valence-corrected chi connectivity index (χ2v) is 9.77. The fraction of sp³-hybridized carbons (Fsp3) is 0.462. The molecule has 0 radical (unpaired) electrons. The molecular formula is C26H32N6OS. The molecule has 1 fully saturated rings. The smallest absolute Gasteiger partial charge is 0.220 e. The van der Waals surface area contributed by atoms with Gasteiger partial charge in [0.05, 0.1) is 11.1 Å². The summed E-state index contributed by atoms with van der Waals surface area (Å²) in [6, 6.07) is 12.8. The maximum Gasteiger partial charge on any atom is 0.220 e. The van der Waals surface area contributed by atoms with E-state index in [1.807, 2.05) is 38.1 Å². The highest BCUT2D eigenvalue weighted by molar-refractivity contribution is 7.98. The van der Waals surface area contributed by atoms with Crippen molar-refractivity contribution in [2.45, 2.75) is 43.9 Å². The molecule has 1 atom stereocenters. The number of rotatable bonds is 8. The number of carbonyl (C=O) groups is 1. The number of primary amides is 1. The predicted molar refractivity (Wildman–Crippen MR) is 135 cm³/mol. The Hall–Kier alpha value is -3.07. The van der Waals surface area contributed by atoms with Gasteiger partial charge in [0, 0.05) is 31.3 Å². The molecule has 2 heterocycles. The number of benzene rings is 1. The van der Waals surface area contributed by atoms with E-state index in [4.69, 9.17) is 10.7 Å². The lowest BCUT2D eigenvalue weighted by Gasteiger charge is -2.25. The molecule has 2 N–H and O–H groups in total. The van der Waals surface area contributed by atoms with Crippen LogP contribution in [0.15, 0.2) is 29.3 Å². The lowest BCUT2D eigenvalue weighted by atomic mass is 10.00. The number of nitrogens with two attached hydrogens (primary N) is 1. The van der Waals surface area contributed by atoms with E-state index in [-0.39, 0.29) is 11.8 Å². The van der Waals surface area contributed by atoms with Crippen molar-refractivity contribution in [1.29, 1.82) is 10.5 Å². The van der Waals surface area contributed by atoms with Crippen LogP contribution in [0.3, 0.4) is 0 Å². The van der Waals surface area contributed by atoms with Gasteiger partial charge in [0.1, 0.15) is 23.0 Å². The zero-order valence-corrected chi connectivity index (χ0v) is 21.0. The summed E-state index contributed by atoms with van der Waals surface area (Å²) in [7, 11) is 2.11. The largest absolute Gasteiger partial charge is 0.369 e. The minimum Gasteiger partial charge on any atom is -0.369 e. The molecule has 8 heteroatoms. The number of likely N-dealkylation sites (N-methyl/N-ethyl adjacent to an activating group) is 1. The average Bonchev–Trinajstić information content (AvgIpc) is 3.06. The van der Waals surface area contributed by atoms with Crippen molar-refractivity contribution in [2.75, 3.05) is 38.1 Å². The van der Waals surface area contributed by atoms with Gasteiger partial charge < -0.3 is 15.5 Å². The predicted octanol–water partition coefficient (Wildman–Crippen LogP) is 3.49. The van der Waals surface area contributed by atoms with Crippen molar-refractivity contribution < 1.29 is 4.79 Å². The van der Waals surface area contributed by atoms with Crippen LogP contribution in [0.25, 0.3) is 0 Å². The Bertz CT molecular complexity index is 1100. The van der Waals surface area contributed by atoms with Crippen LogP contribution in [0.5, 0.6) is 0 Å². The van der Waals surface area contributed by atoms with E-state index < -0.39 is 0 Å². The van der Waals surface area contributed by atoms with Gasteiger partial charge in [-0.25, -0.2) is 4.98 Å². The first kappa shape index (κ1) is 25.6. The number of carbonyl (C=O) groups excluding carboxylic acids is 1. The summed E-state index contributed by atoms with van der Waals surface area (Å²) in [6.07, 6.45) is 2.23. The van der Waals surface area contributed by atoms with E-state index in [9.17, 15) is 15.3 Å². The van der Waals surface area contributed by atoms with Crippen molar-refractivity contribution in [2.24, 2.45) is 11.7 Å². The Morgan fingerprint density at radius 3 is 2.41 bits per heavy atom.